The van der Waals surface area contributed by atoms with E-state index in [-0.39, 0.29) is 11.9 Å². The van der Waals surface area contributed by atoms with E-state index in [0.717, 1.165) is 49.6 Å². The molecule has 1 heterocycles. The molecule has 0 aromatic heterocycles. The molecular weight excluding hydrogens is 422 g/mol. The Balaban J connectivity index is 1.29. The van der Waals surface area contributed by atoms with E-state index in [2.05, 4.69) is 63.7 Å². The Morgan fingerprint density at radius 1 is 0.853 bits per heavy atom. The van der Waals surface area contributed by atoms with Gasteiger partial charge in [-0.25, -0.2) is 0 Å². The average molecular weight is 456 g/mol. The third kappa shape index (κ3) is 6.80. The average Bonchev–Trinajstić information content (AvgIpc) is 2.89. The zero-order valence-electron chi connectivity index (χ0n) is 19.8. The number of amides is 1. The number of methoxy groups -OCH3 is 1. The smallest absolute Gasteiger partial charge is 0.234 e. The molecule has 5 nitrogen and oxygen atoms in total. The van der Waals surface area contributed by atoms with Crippen molar-refractivity contribution in [2.24, 2.45) is 0 Å². The molecule has 0 bridgehead atoms. The van der Waals surface area contributed by atoms with E-state index in [1.54, 1.807) is 7.11 Å². The number of hydrogen-bond acceptors (Lipinski definition) is 4. The summed E-state index contributed by atoms with van der Waals surface area (Å²) in [6.07, 6.45) is 4.39. The van der Waals surface area contributed by atoms with Crippen molar-refractivity contribution in [2.75, 3.05) is 46.4 Å². The van der Waals surface area contributed by atoms with Gasteiger partial charge >= 0.3 is 0 Å². The summed E-state index contributed by atoms with van der Waals surface area (Å²) in [5.74, 6) is 0.848. The minimum absolute atomic E-state index is 0.0436. The quantitative estimate of drug-likeness (QED) is 0.525. The highest BCUT2D eigenvalue weighted by Gasteiger charge is 2.21. The van der Waals surface area contributed by atoms with Gasteiger partial charge in [-0.1, -0.05) is 84.9 Å². The van der Waals surface area contributed by atoms with Crippen molar-refractivity contribution in [3.8, 4) is 5.75 Å². The predicted molar refractivity (Wildman–Crippen MR) is 138 cm³/mol. The van der Waals surface area contributed by atoms with Crippen LogP contribution in [0.25, 0.3) is 6.08 Å². The first-order valence-corrected chi connectivity index (χ1v) is 11.9. The van der Waals surface area contributed by atoms with E-state index in [4.69, 9.17) is 4.74 Å². The summed E-state index contributed by atoms with van der Waals surface area (Å²) in [6.45, 7) is 5.06. The van der Waals surface area contributed by atoms with Gasteiger partial charge < -0.3 is 10.1 Å². The van der Waals surface area contributed by atoms with Gasteiger partial charge in [-0.05, 0) is 28.8 Å². The summed E-state index contributed by atoms with van der Waals surface area (Å²) >= 11 is 0. The summed E-state index contributed by atoms with van der Waals surface area (Å²) < 4.78 is 5.29. The molecule has 176 valence electrons. The molecule has 1 saturated heterocycles. The van der Waals surface area contributed by atoms with Gasteiger partial charge in [-0.2, -0.15) is 0 Å². The molecule has 1 fully saturated rings. The highest BCUT2D eigenvalue weighted by atomic mass is 16.5. The minimum atomic E-state index is -0.191. The normalized spacial score (nSPS) is 15.8. The van der Waals surface area contributed by atoms with E-state index in [1.807, 2.05) is 48.5 Å². The summed E-state index contributed by atoms with van der Waals surface area (Å²) in [4.78, 5) is 17.7. The van der Waals surface area contributed by atoms with Crippen LogP contribution in [0, 0.1) is 0 Å². The van der Waals surface area contributed by atoms with Crippen molar-refractivity contribution in [3.05, 3.63) is 108 Å². The number of nitrogens with zero attached hydrogens (tertiary/aromatic N) is 2. The molecule has 0 aliphatic carbocycles. The van der Waals surface area contributed by atoms with Gasteiger partial charge in [0.1, 0.15) is 5.75 Å². The zero-order chi connectivity index (χ0) is 23.6. The van der Waals surface area contributed by atoms with Crippen LogP contribution < -0.4 is 10.1 Å². The number of ether oxygens (including phenoxy) is 1. The van der Waals surface area contributed by atoms with Crippen LogP contribution >= 0.6 is 0 Å². The molecule has 1 unspecified atom stereocenters. The SMILES string of the molecule is COc1ccc(C(NC(=O)CN2CCN(CC=Cc3ccccc3)CC2)c2ccccc2)cc1. The Morgan fingerprint density at radius 3 is 2.09 bits per heavy atom. The van der Waals surface area contributed by atoms with Crippen LogP contribution in [0.1, 0.15) is 22.7 Å². The number of carbonyl (C=O) groups is 1. The number of nitrogens with one attached hydrogen (secondary N) is 1. The molecule has 0 spiro atoms. The Bertz CT molecular complexity index is 1040. The molecule has 1 aliphatic rings. The first-order valence-electron chi connectivity index (χ1n) is 11.9. The summed E-state index contributed by atoms with van der Waals surface area (Å²) in [6, 6.07) is 28.2. The molecule has 5 heteroatoms. The maximum Gasteiger partial charge on any atom is 0.234 e. The van der Waals surface area contributed by atoms with E-state index in [1.165, 1.54) is 5.56 Å². The summed E-state index contributed by atoms with van der Waals surface area (Å²) in [5.41, 5.74) is 3.33. The lowest BCUT2D eigenvalue weighted by atomic mass is 9.98. The van der Waals surface area contributed by atoms with Gasteiger partial charge in [0.2, 0.25) is 5.91 Å². The fourth-order valence-electron chi connectivity index (χ4n) is 4.24. The predicted octanol–water partition coefficient (Wildman–Crippen LogP) is 4.23. The highest BCUT2D eigenvalue weighted by Crippen LogP contribution is 2.24. The van der Waals surface area contributed by atoms with E-state index < -0.39 is 0 Å². The number of rotatable bonds is 9. The summed E-state index contributed by atoms with van der Waals surface area (Å²) in [5, 5.41) is 3.25. The van der Waals surface area contributed by atoms with E-state index in [0.29, 0.717) is 6.54 Å². The molecule has 0 radical (unpaired) electrons. The largest absolute Gasteiger partial charge is 0.497 e. The second-order valence-corrected chi connectivity index (χ2v) is 8.57. The van der Waals surface area contributed by atoms with Crippen molar-refractivity contribution < 1.29 is 9.53 Å². The van der Waals surface area contributed by atoms with Crippen molar-refractivity contribution in [3.63, 3.8) is 0 Å². The molecule has 3 aromatic carbocycles. The van der Waals surface area contributed by atoms with Crippen LogP contribution in [0.2, 0.25) is 0 Å². The number of piperazine rings is 1. The fraction of sp³-hybridized carbons (Fsp3) is 0.276. The molecule has 4 rings (SSSR count). The van der Waals surface area contributed by atoms with Crippen LogP contribution in [-0.2, 0) is 4.79 Å². The van der Waals surface area contributed by atoms with Crippen molar-refractivity contribution >= 4 is 12.0 Å². The zero-order valence-corrected chi connectivity index (χ0v) is 19.8. The van der Waals surface area contributed by atoms with Gasteiger partial charge in [0.25, 0.3) is 0 Å². The van der Waals surface area contributed by atoms with Gasteiger partial charge in [-0.3, -0.25) is 14.6 Å². The second kappa shape index (κ2) is 12.2. The molecule has 0 saturated carbocycles. The van der Waals surface area contributed by atoms with Gasteiger partial charge in [0.15, 0.2) is 0 Å². The third-order valence-corrected chi connectivity index (χ3v) is 6.19. The van der Waals surface area contributed by atoms with E-state index >= 15 is 0 Å². The molecule has 34 heavy (non-hydrogen) atoms. The Morgan fingerprint density at radius 2 is 1.44 bits per heavy atom. The Kier molecular flexibility index (Phi) is 8.49. The molecular formula is C29H33N3O2. The monoisotopic (exact) mass is 455 g/mol. The van der Waals surface area contributed by atoms with Crippen LogP contribution in [0.15, 0.2) is 91.0 Å². The Hall–Kier alpha value is -3.41. The highest BCUT2D eigenvalue weighted by molar-refractivity contribution is 5.79. The lowest BCUT2D eigenvalue weighted by Gasteiger charge is -2.34. The molecule has 1 atom stereocenters. The second-order valence-electron chi connectivity index (χ2n) is 8.57. The van der Waals surface area contributed by atoms with Crippen LogP contribution in [-0.4, -0.2) is 62.1 Å². The fourth-order valence-corrected chi connectivity index (χ4v) is 4.24. The lowest BCUT2D eigenvalue weighted by molar-refractivity contribution is -0.123. The third-order valence-electron chi connectivity index (χ3n) is 6.19. The first-order chi connectivity index (χ1) is 16.7. The van der Waals surface area contributed by atoms with Gasteiger partial charge in [-0.15, -0.1) is 0 Å². The van der Waals surface area contributed by atoms with Crippen molar-refractivity contribution in [1.29, 1.82) is 0 Å². The number of carbonyl (C=O) groups excluding carboxylic acids is 1. The molecule has 1 amide bonds. The molecule has 1 aliphatic heterocycles. The van der Waals surface area contributed by atoms with Crippen molar-refractivity contribution in [1.82, 2.24) is 15.1 Å². The first kappa shape index (κ1) is 23.7. The summed E-state index contributed by atoms with van der Waals surface area (Å²) in [7, 11) is 1.66. The van der Waals surface area contributed by atoms with Crippen LogP contribution in [0.3, 0.4) is 0 Å². The molecule has 3 aromatic rings. The van der Waals surface area contributed by atoms with Crippen LogP contribution in [0.5, 0.6) is 5.75 Å². The standard InChI is InChI=1S/C29H33N3O2/c1-34-27-16-14-26(15-17-27)29(25-12-6-3-7-13-25)30-28(33)23-32-21-19-31(20-22-32)18-8-11-24-9-4-2-5-10-24/h2-17,29H,18-23H2,1H3,(H,30,33). The maximum absolute atomic E-state index is 13.0. The number of benzene rings is 3. The van der Waals surface area contributed by atoms with Gasteiger partial charge in [0, 0.05) is 32.7 Å². The van der Waals surface area contributed by atoms with Gasteiger partial charge in [0.05, 0.1) is 19.7 Å². The minimum Gasteiger partial charge on any atom is -0.497 e. The number of hydrogen-bond donors (Lipinski definition) is 1. The van der Waals surface area contributed by atoms with Crippen molar-refractivity contribution in [2.45, 2.75) is 6.04 Å². The topological polar surface area (TPSA) is 44.8 Å². The Labute approximate surface area is 202 Å². The van der Waals surface area contributed by atoms with Crippen LogP contribution in [0.4, 0.5) is 0 Å². The maximum atomic E-state index is 13.0. The van der Waals surface area contributed by atoms with E-state index in [9.17, 15) is 4.79 Å². The lowest BCUT2D eigenvalue weighted by Crippen LogP contribution is -2.49. The molecule has 1 N–H and O–H groups in total.